The van der Waals surface area contributed by atoms with Crippen LogP contribution in [0.15, 0.2) is 24.3 Å². The molecule has 0 spiro atoms. The Bertz CT molecular complexity index is 626. The Morgan fingerprint density at radius 2 is 1.70 bits per heavy atom. The molecule has 0 bridgehead atoms. The van der Waals surface area contributed by atoms with Crippen LogP contribution >= 0.6 is 12.4 Å². The lowest BCUT2D eigenvalue weighted by atomic mass is 9.88. The molecule has 2 heterocycles. The first-order valence-electron chi connectivity index (χ1n) is 9.48. The van der Waals surface area contributed by atoms with Crippen LogP contribution in [0.3, 0.4) is 0 Å². The van der Waals surface area contributed by atoms with Crippen LogP contribution in [0.5, 0.6) is 5.75 Å². The van der Waals surface area contributed by atoms with Gasteiger partial charge in [-0.15, -0.1) is 12.4 Å². The highest BCUT2D eigenvalue weighted by molar-refractivity contribution is 5.85. The van der Waals surface area contributed by atoms with E-state index in [-0.39, 0.29) is 30.1 Å². The van der Waals surface area contributed by atoms with E-state index in [1.165, 1.54) is 0 Å². The molecule has 0 saturated carbocycles. The SMILES string of the molecule is COc1ccc(CCC(=O)N2CCN(C(=O)C(C)C3CNC3)CC2)cc1.Cl. The first-order valence-corrected chi connectivity index (χ1v) is 9.48. The van der Waals surface area contributed by atoms with Gasteiger partial charge in [0.2, 0.25) is 11.8 Å². The number of hydrogen-bond donors (Lipinski definition) is 1. The van der Waals surface area contributed by atoms with Gasteiger partial charge in [0.15, 0.2) is 0 Å². The number of rotatable bonds is 6. The van der Waals surface area contributed by atoms with E-state index >= 15 is 0 Å². The van der Waals surface area contributed by atoms with Gasteiger partial charge in [0.25, 0.3) is 0 Å². The lowest BCUT2D eigenvalue weighted by Crippen LogP contribution is -2.55. The maximum absolute atomic E-state index is 12.6. The third-order valence-corrected chi connectivity index (χ3v) is 5.64. The molecular formula is C20H30ClN3O3. The van der Waals surface area contributed by atoms with E-state index in [1.54, 1.807) is 7.11 Å². The van der Waals surface area contributed by atoms with E-state index in [0.29, 0.717) is 38.5 Å². The second kappa shape index (κ2) is 9.95. The van der Waals surface area contributed by atoms with E-state index in [9.17, 15) is 9.59 Å². The highest BCUT2D eigenvalue weighted by Gasteiger charge is 2.33. The predicted octanol–water partition coefficient (Wildman–Crippen LogP) is 1.58. The molecule has 1 atom stereocenters. The Hall–Kier alpha value is -1.79. The second-order valence-corrected chi connectivity index (χ2v) is 7.26. The van der Waals surface area contributed by atoms with Gasteiger partial charge in [-0.05, 0) is 43.1 Å². The molecule has 1 N–H and O–H groups in total. The summed E-state index contributed by atoms with van der Waals surface area (Å²) < 4.78 is 5.15. The van der Waals surface area contributed by atoms with Crippen molar-refractivity contribution in [3.8, 4) is 5.75 Å². The number of nitrogens with one attached hydrogen (secondary N) is 1. The Balaban J connectivity index is 0.00000261. The minimum atomic E-state index is 0. The van der Waals surface area contributed by atoms with Crippen LogP contribution in [0, 0.1) is 11.8 Å². The van der Waals surface area contributed by atoms with E-state index in [1.807, 2.05) is 41.0 Å². The van der Waals surface area contributed by atoms with Gasteiger partial charge in [-0.3, -0.25) is 9.59 Å². The third-order valence-electron chi connectivity index (χ3n) is 5.64. The van der Waals surface area contributed by atoms with Gasteiger partial charge in [-0.25, -0.2) is 0 Å². The van der Waals surface area contributed by atoms with Crippen LogP contribution < -0.4 is 10.1 Å². The molecule has 2 fully saturated rings. The standard InChI is InChI=1S/C20H29N3O3.ClH/c1-15(17-13-21-14-17)20(25)23-11-9-22(10-12-23)19(24)8-5-16-3-6-18(26-2)7-4-16;/h3-4,6-7,15,17,21H,5,8-14H2,1-2H3;1H. The molecule has 7 heteroatoms. The molecule has 0 aromatic heterocycles. The summed E-state index contributed by atoms with van der Waals surface area (Å²) in [5, 5.41) is 3.23. The van der Waals surface area contributed by atoms with Crippen molar-refractivity contribution in [2.45, 2.75) is 19.8 Å². The molecule has 2 amide bonds. The average molecular weight is 396 g/mol. The molecule has 1 aromatic rings. The summed E-state index contributed by atoms with van der Waals surface area (Å²) in [5.74, 6) is 1.78. The van der Waals surface area contributed by atoms with Crippen LogP contribution in [-0.4, -0.2) is 68.0 Å². The Labute approximate surface area is 167 Å². The third kappa shape index (κ3) is 5.36. The number of carbonyl (C=O) groups is 2. The topological polar surface area (TPSA) is 61.9 Å². The number of halogens is 1. The summed E-state index contributed by atoms with van der Waals surface area (Å²) in [6.07, 6.45) is 1.23. The van der Waals surface area contributed by atoms with Crippen molar-refractivity contribution in [2.24, 2.45) is 11.8 Å². The summed E-state index contributed by atoms with van der Waals surface area (Å²) in [6.45, 7) is 6.49. The summed E-state index contributed by atoms with van der Waals surface area (Å²) in [7, 11) is 1.65. The monoisotopic (exact) mass is 395 g/mol. The van der Waals surface area contributed by atoms with Gasteiger partial charge in [-0.1, -0.05) is 19.1 Å². The van der Waals surface area contributed by atoms with Crippen LogP contribution in [-0.2, 0) is 16.0 Å². The van der Waals surface area contributed by atoms with Crippen LogP contribution in [0.25, 0.3) is 0 Å². The van der Waals surface area contributed by atoms with Gasteiger partial charge in [0, 0.05) is 38.5 Å². The summed E-state index contributed by atoms with van der Waals surface area (Å²) >= 11 is 0. The Morgan fingerprint density at radius 3 is 2.22 bits per heavy atom. The normalized spacial score (nSPS) is 18.3. The number of piperazine rings is 1. The van der Waals surface area contributed by atoms with Crippen molar-refractivity contribution >= 4 is 24.2 Å². The lowest BCUT2D eigenvalue weighted by molar-refractivity contribution is -0.143. The van der Waals surface area contributed by atoms with E-state index in [0.717, 1.165) is 30.8 Å². The number of methoxy groups -OCH3 is 1. The first kappa shape index (κ1) is 21.5. The molecule has 1 unspecified atom stereocenters. The molecule has 1 aromatic carbocycles. The van der Waals surface area contributed by atoms with Crippen molar-refractivity contribution in [1.82, 2.24) is 15.1 Å². The number of ether oxygens (including phenoxy) is 1. The molecule has 0 aliphatic carbocycles. The lowest BCUT2D eigenvalue weighted by Gasteiger charge is -2.39. The van der Waals surface area contributed by atoms with Crippen molar-refractivity contribution in [3.63, 3.8) is 0 Å². The fraction of sp³-hybridized carbons (Fsp3) is 0.600. The number of nitrogens with zero attached hydrogens (tertiary/aromatic N) is 2. The summed E-state index contributed by atoms with van der Waals surface area (Å²) in [6, 6.07) is 7.84. The highest BCUT2D eigenvalue weighted by atomic mass is 35.5. The number of hydrogen-bond acceptors (Lipinski definition) is 4. The number of carbonyl (C=O) groups excluding carboxylic acids is 2. The first-order chi connectivity index (χ1) is 12.6. The minimum Gasteiger partial charge on any atom is -0.497 e. The van der Waals surface area contributed by atoms with E-state index < -0.39 is 0 Å². The van der Waals surface area contributed by atoms with Gasteiger partial charge in [0.05, 0.1) is 7.11 Å². The van der Waals surface area contributed by atoms with Gasteiger partial charge < -0.3 is 19.9 Å². The van der Waals surface area contributed by atoms with Crippen molar-refractivity contribution in [2.75, 3.05) is 46.4 Å². The van der Waals surface area contributed by atoms with Gasteiger partial charge >= 0.3 is 0 Å². The molecule has 2 aliphatic heterocycles. The maximum atomic E-state index is 12.6. The molecule has 3 rings (SSSR count). The average Bonchev–Trinajstić information content (AvgIpc) is 2.64. The molecule has 0 radical (unpaired) electrons. The quantitative estimate of drug-likeness (QED) is 0.794. The second-order valence-electron chi connectivity index (χ2n) is 7.26. The molecule has 2 aliphatic rings. The highest BCUT2D eigenvalue weighted by Crippen LogP contribution is 2.20. The number of benzene rings is 1. The number of aryl methyl sites for hydroxylation is 1. The van der Waals surface area contributed by atoms with Gasteiger partial charge in [-0.2, -0.15) is 0 Å². The van der Waals surface area contributed by atoms with E-state index in [2.05, 4.69) is 5.32 Å². The zero-order valence-electron chi connectivity index (χ0n) is 16.1. The van der Waals surface area contributed by atoms with Crippen molar-refractivity contribution in [1.29, 1.82) is 0 Å². The number of amides is 2. The maximum Gasteiger partial charge on any atom is 0.225 e. The smallest absolute Gasteiger partial charge is 0.225 e. The molecule has 27 heavy (non-hydrogen) atoms. The van der Waals surface area contributed by atoms with Crippen LogP contribution in [0.4, 0.5) is 0 Å². The zero-order chi connectivity index (χ0) is 18.5. The van der Waals surface area contributed by atoms with Gasteiger partial charge in [0.1, 0.15) is 5.75 Å². The molecular weight excluding hydrogens is 366 g/mol. The van der Waals surface area contributed by atoms with Crippen molar-refractivity contribution in [3.05, 3.63) is 29.8 Å². The largest absolute Gasteiger partial charge is 0.497 e. The predicted molar refractivity (Wildman–Crippen MR) is 107 cm³/mol. The minimum absolute atomic E-state index is 0. The summed E-state index contributed by atoms with van der Waals surface area (Å²) in [5.41, 5.74) is 1.14. The molecule has 2 saturated heterocycles. The van der Waals surface area contributed by atoms with E-state index in [4.69, 9.17) is 4.74 Å². The Morgan fingerprint density at radius 1 is 1.11 bits per heavy atom. The summed E-state index contributed by atoms with van der Waals surface area (Å²) in [4.78, 5) is 28.8. The Kier molecular flexibility index (Phi) is 7.92. The fourth-order valence-corrected chi connectivity index (χ4v) is 3.53. The van der Waals surface area contributed by atoms with Crippen LogP contribution in [0.1, 0.15) is 18.9 Å². The zero-order valence-corrected chi connectivity index (χ0v) is 17.0. The van der Waals surface area contributed by atoms with Crippen LogP contribution in [0.2, 0.25) is 0 Å². The molecule has 6 nitrogen and oxygen atoms in total. The van der Waals surface area contributed by atoms with Crippen molar-refractivity contribution < 1.29 is 14.3 Å². The molecule has 150 valence electrons. The fourth-order valence-electron chi connectivity index (χ4n) is 3.53.